The molecule has 86 valence electrons. The molecule has 0 unspecified atom stereocenters. The Balaban J connectivity index is 2.03. The van der Waals surface area contributed by atoms with Crippen LogP contribution >= 0.6 is 11.6 Å². The predicted molar refractivity (Wildman–Crippen MR) is 70.4 cm³/mol. The molecule has 0 aromatic heterocycles. The fourth-order valence-electron chi connectivity index (χ4n) is 1.42. The summed E-state index contributed by atoms with van der Waals surface area (Å²) in [5.41, 5.74) is 2.60. The fraction of sp³-hybridized carbons (Fsp3) is 0.0667. The lowest BCUT2D eigenvalue weighted by Gasteiger charge is -1.91. The molecule has 0 heterocycles. The van der Waals surface area contributed by atoms with E-state index in [0.717, 1.165) is 5.02 Å². The normalized spacial score (nSPS) is 10.9. The van der Waals surface area contributed by atoms with Crippen LogP contribution in [0.3, 0.4) is 0 Å². The summed E-state index contributed by atoms with van der Waals surface area (Å²) in [7, 11) is 0. The fourth-order valence-corrected chi connectivity index (χ4v) is 3.61. The second-order valence-corrected chi connectivity index (χ2v) is 6.64. The van der Waals surface area contributed by atoms with Crippen molar-refractivity contribution in [2.75, 3.05) is 0 Å². The van der Waals surface area contributed by atoms with Crippen molar-refractivity contribution >= 4 is 17.7 Å². The highest BCUT2D eigenvalue weighted by Gasteiger charge is 2.09. The third kappa shape index (κ3) is 3.86. The minimum Gasteiger partial charge on any atom is -0.0843 e. The van der Waals surface area contributed by atoms with Gasteiger partial charge in [-0.1, -0.05) is 41.9 Å². The standard InChI is InChI=1S/C15H13ClI/c1-12-4-2-3-5-15(12)17-11-10-13-6-8-14(16)9-7-13/h2-11H,1H3/q+1/b11-10+. The van der Waals surface area contributed by atoms with Crippen molar-refractivity contribution in [1.82, 2.24) is 0 Å². The average molecular weight is 356 g/mol. The van der Waals surface area contributed by atoms with E-state index in [-0.39, 0.29) is 21.2 Å². The second kappa shape index (κ2) is 6.22. The van der Waals surface area contributed by atoms with Gasteiger partial charge >= 0.3 is 21.2 Å². The van der Waals surface area contributed by atoms with Crippen LogP contribution in [0.15, 0.2) is 52.6 Å². The molecular weight excluding hydrogens is 343 g/mol. The van der Waals surface area contributed by atoms with Crippen LogP contribution in [-0.4, -0.2) is 0 Å². The molecule has 0 atom stereocenters. The molecule has 0 N–H and O–H groups in total. The molecule has 0 bridgehead atoms. The van der Waals surface area contributed by atoms with Crippen LogP contribution in [0.2, 0.25) is 5.02 Å². The summed E-state index contributed by atoms with van der Waals surface area (Å²) in [5.74, 6) is 0. The molecule has 0 amide bonds. The molecule has 0 saturated carbocycles. The molecule has 2 aromatic carbocycles. The third-order valence-electron chi connectivity index (χ3n) is 2.38. The van der Waals surface area contributed by atoms with Crippen LogP contribution in [0, 0.1) is 10.5 Å². The quantitative estimate of drug-likeness (QED) is 0.734. The van der Waals surface area contributed by atoms with Gasteiger partial charge in [0.25, 0.3) is 0 Å². The summed E-state index contributed by atoms with van der Waals surface area (Å²) in [4.78, 5) is 0. The predicted octanol–water partition coefficient (Wildman–Crippen LogP) is 1.58. The number of rotatable bonds is 3. The van der Waals surface area contributed by atoms with Gasteiger partial charge in [0, 0.05) is 10.6 Å². The molecule has 0 aliphatic carbocycles. The average Bonchev–Trinajstić information content (AvgIpc) is 2.34. The maximum atomic E-state index is 5.85. The molecule has 0 saturated heterocycles. The number of hydrogen-bond donors (Lipinski definition) is 0. The highest BCUT2D eigenvalue weighted by molar-refractivity contribution is 6.30. The topological polar surface area (TPSA) is 0 Å². The second-order valence-electron chi connectivity index (χ2n) is 3.70. The Morgan fingerprint density at radius 2 is 1.71 bits per heavy atom. The van der Waals surface area contributed by atoms with E-state index in [1.54, 1.807) is 0 Å². The van der Waals surface area contributed by atoms with E-state index in [4.69, 9.17) is 11.6 Å². The molecular formula is C15H13ClI+. The van der Waals surface area contributed by atoms with Crippen LogP contribution in [0.25, 0.3) is 6.08 Å². The molecule has 0 nitrogen and oxygen atoms in total. The highest BCUT2D eigenvalue weighted by Crippen LogP contribution is 2.09. The van der Waals surface area contributed by atoms with Gasteiger partial charge in [-0.15, -0.1) is 0 Å². The van der Waals surface area contributed by atoms with E-state index in [9.17, 15) is 0 Å². The van der Waals surface area contributed by atoms with E-state index in [1.807, 2.05) is 24.3 Å². The van der Waals surface area contributed by atoms with Gasteiger partial charge < -0.3 is 0 Å². The van der Waals surface area contributed by atoms with Gasteiger partial charge in [0.05, 0.1) is 0 Å². The molecule has 2 rings (SSSR count). The smallest absolute Gasteiger partial charge is 0.0843 e. The Morgan fingerprint density at radius 1 is 1.00 bits per heavy atom. The van der Waals surface area contributed by atoms with Gasteiger partial charge in [-0.25, -0.2) is 0 Å². The van der Waals surface area contributed by atoms with Crippen molar-refractivity contribution in [3.8, 4) is 0 Å². The summed E-state index contributed by atoms with van der Waals surface area (Å²) in [6, 6.07) is 16.5. The van der Waals surface area contributed by atoms with Crippen molar-refractivity contribution in [2.24, 2.45) is 0 Å². The van der Waals surface area contributed by atoms with Crippen LogP contribution < -0.4 is 21.2 Å². The maximum Gasteiger partial charge on any atom is 0.349 e. The monoisotopic (exact) mass is 355 g/mol. The van der Waals surface area contributed by atoms with Crippen molar-refractivity contribution < 1.29 is 21.2 Å². The summed E-state index contributed by atoms with van der Waals surface area (Å²) in [5, 5.41) is 0.788. The van der Waals surface area contributed by atoms with Gasteiger partial charge in [-0.3, -0.25) is 0 Å². The molecule has 17 heavy (non-hydrogen) atoms. The SMILES string of the molecule is Cc1ccccc1[I+]/C=C/c1ccc(Cl)cc1. The van der Waals surface area contributed by atoms with E-state index in [2.05, 4.69) is 41.3 Å². The first kappa shape index (κ1) is 12.7. The van der Waals surface area contributed by atoms with Crippen molar-refractivity contribution in [3.63, 3.8) is 0 Å². The Bertz CT molecular complexity index is 515. The number of benzene rings is 2. The summed E-state index contributed by atoms with van der Waals surface area (Å²) >= 11 is 5.80. The Morgan fingerprint density at radius 3 is 2.41 bits per heavy atom. The maximum absolute atomic E-state index is 5.85. The van der Waals surface area contributed by atoms with Gasteiger partial charge in [-0.05, 0) is 36.8 Å². The molecule has 0 aliphatic heterocycles. The number of halogens is 2. The number of hydrogen-bond acceptors (Lipinski definition) is 0. The summed E-state index contributed by atoms with van der Waals surface area (Å²) in [6.45, 7) is 2.17. The molecule has 0 spiro atoms. The zero-order valence-corrected chi connectivity index (χ0v) is 12.4. The van der Waals surface area contributed by atoms with Crippen molar-refractivity contribution in [1.29, 1.82) is 0 Å². The summed E-state index contributed by atoms with van der Waals surface area (Å²) in [6.07, 6.45) is 2.18. The number of aryl methyl sites for hydroxylation is 1. The zero-order valence-electron chi connectivity index (χ0n) is 9.53. The van der Waals surface area contributed by atoms with Crippen molar-refractivity contribution in [3.05, 3.63) is 72.3 Å². The Hall–Kier alpha value is -0.800. The van der Waals surface area contributed by atoms with Gasteiger partial charge in [-0.2, -0.15) is 0 Å². The van der Waals surface area contributed by atoms with Crippen molar-refractivity contribution in [2.45, 2.75) is 6.92 Å². The molecule has 0 fully saturated rings. The first-order chi connectivity index (χ1) is 8.25. The van der Waals surface area contributed by atoms with Gasteiger partial charge in [0.2, 0.25) is 0 Å². The Labute approximate surface area is 118 Å². The van der Waals surface area contributed by atoms with Gasteiger partial charge in [0.15, 0.2) is 7.65 Å². The first-order valence-corrected chi connectivity index (χ1v) is 8.07. The van der Waals surface area contributed by atoms with Gasteiger partial charge in [0.1, 0.15) is 0 Å². The Kier molecular flexibility index (Phi) is 4.63. The minimum absolute atomic E-state index is 0.0422. The lowest BCUT2D eigenvalue weighted by molar-refractivity contribution is -0.556. The lowest BCUT2D eigenvalue weighted by Crippen LogP contribution is -3.59. The van der Waals surface area contributed by atoms with E-state index in [0.29, 0.717) is 0 Å². The van der Waals surface area contributed by atoms with E-state index < -0.39 is 0 Å². The van der Waals surface area contributed by atoms with Crippen LogP contribution in [0.5, 0.6) is 0 Å². The van der Waals surface area contributed by atoms with Crippen LogP contribution in [-0.2, 0) is 0 Å². The lowest BCUT2D eigenvalue weighted by atomic mass is 10.2. The van der Waals surface area contributed by atoms with E-state index in [1.165, 1.54) is 14.7 Å². The van der Waals surface area contributed by atoms with E-state index >= 15 is 0 Å². The minimum atomic E-state index is -0.0422. The first-order valence-electron chi connectivity index (χ1n) is 5.37. The largest absolute Gasteiger partial charge is 0.349 e. The highest BCUT2D eigenvalue weighted by atomic mass is 127. The molecule has 2 aromatic rings. The van der Waals surface area contributed by atoms with Crippen LogP contribution in [0.1, 0.15) is 11.1 Å². The van der Waals surface area contributed by atoms with Crippen LogP contribution in [0.4, 0.5) is 0 Å². The molecule has 0 radical (unpaired) electrons. The molecule has 2 heteroatoms. The third-order valence-corrected chi connectivity index (χ3v) is 5.24. The summed E-state index contributed by atoms with van der Waals surface area (Å²) < 4.78 is 3.78. The molecule has 0 aliphatic rings. The zero-order chi connectivity index (χ0) is 12.1.